The summed E-state index contributed by atoms with van der Waals surface area (Å²) < 4.78 is 0. The number of aromatic nitrogens is 1. The highest BCUT2D eigenvalue weighted by Crippen LogP contribution is 2.20. The number of aromatic amines is 1. The van der Waals surface area contributed by atoms with Gasteiger partial charge in [0.15, 0.2) is 6.04 Å². The SMILES string of the molecule is C[C@H](C(=O)Nc1ccc(C#N)c(Cl)c1)[NH+]1CCN(c2cccc[nH+]2)CC1. The molecule has 1 aromatic carbocycles. The number of quaternary nitrogens is 1. The summed E-state index contributed by atoms with van der Waals surface area (Å²) in [5.74, 6) is 1.07. The van der Waals surface area contributed by atoms with E-state index in [2.05, 4.69) is 21.3 Å². The van der Waals surface area contributed by atoms with Crippen molar-refractivity contribution < 1.29 is 14.7 Å². The number of carbonyl (C=O) groups excluding carboxylic acids is 1. The van der Waals surface area contributed by atoms with Gasteiger partial charge in [-0.25, -0.2) is 4.98 Å². The fourth-order valence-corrected chi connectivity index (χ4v) is 3.39. The van der Waals surface area contributed by atoms with Crippen LogP contribution in [0.25, 0.3) is 0 Å². The largest absolute Gasteiger partial charge is 0.321 e. The van der Waals surface area contributed by atoms with Crippen LogP contribution in [0.4, 0.5) is 11.5 Å². The first kappa shape index (κ1) is 18.2. The van der Waals surface area contributed by atoms with Crippen LogP contribution in [0.2, 0.25) is 5.02 Å². The number of rotatable bonds is 4. The second kappa shape index (κ2) is 8.17. The molecule has 1 atom stereocenters. The fraction of sp³-hybridized carbons (Fsp3) is 0.316. The van der Waals surface area contributed by atoms with Gasteiger partial charge >= 0.3 is 0 Å². The van der Waals surface area contributed by atoms with E-state index < -0.39 is 0 Å². The zero-order valence-electron chi connectivity index (χ0n) is 14.6. The lowest BCUT2D eigenvalue weighted by Crippen LogP contribution is -3.19. The van der Waals surface area contributed by atoms with E-state index in [-0.39, 0.29) is 11.9 Å². The molecule has 0 radical (unpaired) electrons. The standard InChI is InChI=1S/C19H20ClN5O/c1-14(19(26)23-16-6-5-15(13-21)17(20)12-16)24-8-10-25(11-9-24)18-4-2-3-7-22-18/h2-7,12,14H,8-11H2,1H3,(H,23,26)/p+2/t14-/m1/s1. The van der Waals surface area contributed by atoms with E-state index >= 15 is 0 Å². The minimum Gasteiger partial charge on any atom is -0.321 e. The van der Waals surface area contributed by atoms with Gasteiger partial charge < -0.3 is 10.2 Å². The maximum absolute atomic E-state index is 12.6. The van der Waals surface area contributed by atoms with Crippen LogP contribution in [0.3, 0.4) is 0 Å². The Bertz CT molecular complexity index is 812. The van der Waals surface area contributed by atoms with Crippen LogP contribution in [0.1, 0.15) is 12.5 Å². The zero-order chi connectivity index (χ0) is 18.5. The molecule has 2 aromatic rings. The molecule has 0 saturated carbocycles. The minimum atomic E-state index is -0.161. The predicted octanol–water partition coefficient (Wildman–Crippen LogP) is 0.758. The van der Waals surface area contributed by atoms with E-state index in [0.717, 1.165) is 32.0 Å². The molecular weight excluding hydrogens is 350 g/mol. The third-order valence-corrected chi connectivity index (χ3v) is 5.11. The van der Waals surface area contributed by atoms with Gasteiger partial charge in [0.2, 0.25) is 0 Å². The Morgan fingerprint density at radius 2 is 2.12 bits per heavy atom. The molecule has 134 valence electrons. The summed E-state index contributed by atoms with van der Waals surface area (Å²) >= 11 is 6.03. The first-order chi connectivity index (χ1) is 12.6. The van der Waals surface area contributed by atoms with Gasteiger partial charge in [-0.2, -0.15) is 5.26 Å². The average molecular weight is 372 g/mol. The number of anilines is 2. The van der Waals surface area contributed by atoms with E-state index in [4.69, 9.17) is 16.9 Å². The van der Waals surface area contributed by atoms with Gasteiger partial charge in [0.25, 0.3) is 11.7 Å². The summed E-state index contributed by atoms with van der Waals surface area (Å²) in [4.78, 5) is 19.4. The molecule has 0 spiro atoms. The van der Waals surface area contributed by atoms with E-state index in [1.165, 1.54) is 4.90 Å². The zero-order valence-corrected chi connectivity index (χ0v) is 15.4. The summed E-state index contributed by atoms with van der Waals surface area (Å²) in [5.41, 5.74) is 1.01. The molecule has 0 unspecified atom stereocenters. The quantitative estimate of drug-likeness (QED) is 0.833. The number of pyridine rings is 1. The number of amides is 1. The average Bonchev–Trinajstić information content (AvgIpc) is 2.68. The molecule has 6 nitrogen and oxygen atoms in total. The Balaban J connectivity index is 1.56. The summed E-state index contributed by atoms with van der Waals surface area (Å²) in [6.07, 6.45) is 1.92. The van der Waals surface area contributed by atoms with E-state index in [0.29, 0.717) is 16.3 Å². The molecule has 1 saturated heterocycles. The van der Waals surface area contributed by atoms with Crippen molar-refractivity contribution in [1.29, 1.82) is 5.26 Å². The number of hydrogen-bond donors (Lipinski definition) is 2. The maximum atomic E-state index is 12.6. The number of nitriles is 1. The number of carbonyl (C=O) groups is 1. The van der Waals surface area contributed by atoms with Crippen LogP contribution < -0.4 is 20.1 Å². The lowest BCUT2D eigenvalue weighted by molar-refractivity contribution is -0.914. The number of H-pyrrole nitrogens is 1. The van der Waals surface area contributed by atoms with Gasteiger partial charge in [-0.1, -0.05) is 17.7 Å². The number of piperazine rings is 1. The smallest absolute Gasteiger partial charge is 0.282 e. The third-order valence-electron chi connectivity index (χ3n) is 4.80. The molecule has 0 aliphatic carbocycles. The Kier molecular flexibility index (Phi) is 5.71. The minimum absolute atomic E-state index is 0.0412. The second-order valence-corrected chi connectivity index (χ2v) is 6.82. The number of halogens is 1. The molecule has 3 N–H and O–H groups in total. The van der Waals surface area contributed by atoms with Crippen molar-refractivity contribution in [3.8, 4) is 6.07 Å². The third kappa shape index (κ3) is 4.13. The van der Waals surface area contributed by atoms with Crippen LogP contribution in [0.15, 0.2) is 42.6 Å². The van der Waals surface area contributed by atoms with Gasteiger partial charge in [-0.15, -0.1) is 0 Å². The van der Waals surface area contributed by atoms with Gasteiger partial charge in [0, 0.05) is 11.8 Å². The van der Waals surface area contributed by atoms with Crippen molar-refractivity contribution in [2.45, 2.75) is 13.0 Å². The summed E-state index contributed by atoms with van der Waals surface area (Å²) in [7, 11) is 0. The second-order valence-electron chi connectivity index (χ2n) is 6.41. The summed E-state index contributed by atoms with van der Waals surface area (Å²) in [6.45, 7) is 5.53. The van der Waals surface area contributed by atoms with Crippen molar-refractivity contribution >= 4 is 29.0 Å². The van der Waals surface area contributed by atoms with Crippen molar-refractivity contribution in [2.24, 2.45) is 0 Å². The predicted molar refractivity (Wildman–Crippen MR) is 100 cm³/mol. The van der Waals surface area contributed by atoms with Crippen LogP contribution in [-0.4, -0.2) is 38.1 Å². The molecule has 0 bridgehead atoms. The maximum Gasteiger partial charge on any atom is 0.282 e. The van der Waals surface area contributed by atoms with Crippen molar-refractivity contribution in [3.63, 3.8) is 0 Å². The van der Waals surface area contributed by atoms with E-state index in [1.54, 1.807) is 18.2 Å². The van der Waals surface area contributed by atoms with Crippen molar-refractivity contribution in [1.82, 2.24) is 0 Å². The summed E-state index contributed by atoms with van der Waals surface area (Å²) in [6, 6.07) is 12.8. The molecular formula is C19H22ClN5O+2. The van der Waals surface area contributed by atoms with E-state index in [9.17, 15) is 4.79 Å². The van der Waals surface area contributed by atoms with Gasteiger partial charge in [-0.05, 0) is 31.2 Å². The first-order valence-electron chi connectivity index (χ1n) is 8.65. The molecule has 2 heterocycles. The summed E-state index contributed by atoms with van der Waals surface area (Å²) in [5, 5.41) is 12.2. The molecule has 1 aliphatic heterocycles. The molecule has 26 heavy (non-hydrogen) atoms. The normalized spacial score (nSPS) is 16.0. The van der Waals surface area contributed by atoms with Crippen LogP contribution in [0.5, 0.6) is 0 Å². The van der Waals surface area contributed by atoms with Crippen molar-refractivity contribution in [3.05, 3.63) is 53.2 Å². The highest BCUT2D eigenvalue weighted by Gasteiger charge is 2.32. The molecule has 1 fully saturated rings. The molecule has 1 aromatic heterocycles. The Morgan fingerprint density at radius 3 is 2.73 bits per heavy atom. The number of nitrogens with one attached hydrogen (secondary N) is 3. The lowest BCUT2D eigenvalue weighted by Gasteiger charge is -2.31. The van der Waals surface area contributed by atoms with E-state index in [1.807, 2.05) is 31.3 Å². The Hall–Kier alpha value is -2.62. The van der Waals surface area contributed by atoms with Gasteiger partial charge in [0.05, 0.1) is 16.8 Å². The molecule has 1 amide bonds. The lowest BCUT2D eigenvalue weighted by atomic mass is 10.2. The topological polar surface area (TPSA) is 74.7 Å². The number of hydrogen-bond acceptors (Lipinski definition) is 3. The Morgan fingerprint density at radius 1 is 1.35 bits per heavy atom. The van der Waals surface area contributed by atoms with Crippen LogP contribution >= 0.6 is 11.6 Å². The highest BCUT2D eigenvalue weighted by molar-refractivity contribution is 6.32. The molecule has 7 heteroatoms. The molecule has 3 rings (SSSR count). The Labute approximate surface area is 158 Å². The van der Waals surface area contributed by atoms with Gasteiger partial charge in [0.1, 0.15) is 32.2 Å². The van der Waals surface area contributed by atoms with Crippen LogP contribution in [0, 0.1) is 11.3 Å². The number of nitrogens with zero attached hydrogens (tertiary/aromatic N) is 2. The van der Waals surface area contributed by atoms with Crippen molar-refractivity contribution in [2.75, 3.05) is 36.4 Å². The van der Waals surface area contributed by atoms with Gasteiger partial charge in [-0.3, -0.25) is 9.69 Å². The first-order valence-corrected chi connectivity index (χ1v) is 9.03. The fourth-order valence-electron chi connectivity index (χ4n) is 3.17. The number of benzene rings is 1. The highest BCUT2D eigenvalue weighted by atomic mass is 35.5. The molecule has 1 aliphatic rings. The van der Waals surface area contributed by atoms with Crippen LogP contribution in [-0.2, 0) is 4.79 Å². The monoisotopic (exact) mass is 371 g/mol.